The first kappa shape index (κ1) is 29.1. The van der Waals surface area contributed by atoms with E-state index < -0.39 is 29.9 Å². The third-order valence-electron chi connectivity index (χ3n) is 6.65. The van der Waals surface area contributed by atoms with Crippen LogP contribution < -0.4 is 21.3 Å². The molecule has 1 aliphatic carbocycles. The number of carbonyl (C=O) groups is 4. The Balaban J connectivity index is 1.92. The molecule has 36 heavy (non-hydrogen) atoms. The van der Waals surface area contributed by atoms with E-state index in [1.807, 2.05) is 0 Å². The molecule has 0 radical (unpaired) electrons. The minimum Gasteiger partial charge on any atom is -0.508 e. The van der Waals surface area contributed by atoms with E-state index in [2.05, 4.69) is 21.3 Å². The quantitative estimate of drug-likeness (QED) is 0.298. The van der Waals surface area contributed by atoms with Gasteiger partial charge in [-0.2, -0.15) is 0 Å². The summed E-state index contributed by atoms with van der Waals surface area (Å²) in [4.78, 5) is 50.2. The highest BCUT2D eigenvalue weighted by molar-refractivity contribution is 5.94. The number of phenolic OH excluding ortho intramolecular Hbond substituents is 1. The van der Waals surface area contributed by atoms with Crippen molar-refractivity contribution in [2.45, 2.75) is 90.8 Å². The van der Waals surface area contributed by atoms with Crippen LogP contribution in [-0.4, -0.2) is 53.4 Å². The van der Waals surface area contributed by atoms with Gasteiger partial charge in [0, 0.05) is 19.9 Å². The molecule has 0 heterocycles. The van der Waals surface area contributed by atoms with Crippen LogP contribution >= 0.6 is 0 Å². The molecule has 0 spiro atoms. The average molecular weight is 503 g/mol. The molecule has 0 saturated heterocycles. The van der Waals surface area contributed by atoms with Gasteiger partial charge in [0.1, 0.15) is 23.9 Å². The van der Waals surface area contributed by atoms with Crippen LogP contribution in [0, 0.1) is 11.8 Å². The van der Waals surface area contributed by atoms with Crippen LogP contribution in [0.25, 0.3) is 0 Å². The predicted octanol–water partition coefficient (Wildman–Crippen LogP) is 2.17. The molecule has 1 aliphatic rings. The van der Waals surface area contributed by atoms with E-state index in [0.29, 0.717) is 12.5 Å². The molecule has 4 amide bonds. The van der Waals surface area contributed by atoms with Gasteiger partial charge in [-0.3, -0.25) is 19.2 Å². The fourth-order valence-corrected chi connectivity index (χ4v) is 4.51. The summed E-state index contributed by atoms with van der Waals surface area (Å²) in [5.41, 5.74) is 0.741. The normalized spacial score (nSPS) is 16.5. The molecule has 9 nitrogen and oxygen atoms in total. The summed E-state index contributed by atoms with van der Waals surface area (Å²) in [7, 11) is 0. The van der Waals surface area contributed by atoms with Gasteiger partial charge in [-0.25, -0.2) is 0 Å². The van der Waals surface area contributed by atoms with Gasteiger partial charge in [0.15, 0.2) is 0 Å². The second-order valence-corrected chi connectivity index (χ2v) is 10.2. The lowest BCUT2D eigenvalue weighted by Crippen LogP contribution is -2.58. The maximum Gasteiger partial charge on any atom is 0.243 e. The number of hydrogen-bond donors (Lipinski definition) is 5. The molecule has 9 heteroatoms. The monoisotopic (exact) mass is 502 g/mol. The third kappa shape index (κ3) is 9.87. The number of hydrogen-bond acceptors (Lipinski definition) is 5. The van der Waals surface area contributed by atoms with Gasteiger partial charge in [-0.1, -0.05) is 58.1 Å². The van der Waals surface area contributed by atoms with E-state index in [9.17, 15) is 24.3 Å². The van der Waals surface area contributed by atoms with Crippen molar-refractivity contribution in [3.05, 3.63) is 29.8 Å². The Morgan fingerprint density at radius 1 is 0.889 bits per heavy atom. The predicted molar refractivity (Wildman–Crippen MR) is 138 cm³/mol. The van der Waals surface area contributed by atoms with Crippen molar-refractivity contribution in [3.8, 4) is 5.75 Å². The van der Waals surface area contributed by atoms with Gasteiger partial charge in [0.05, 0.1) is 0 Å². The second-order valence-electron chi connectivity index (χ2n) is 10.2. The fourth-order valence-electron chi connectivity index (χ4n) is 4.51. The first-order valence-electron chi connectivity index (χ1n) is 13.0. The minimum absolute atomic E-state index is 0.1000. The van der Waals surface area contributed by atoms with E-state index in [-0.39, 0.29) is 29.9 Å². The van der Waals surface area contributed by atoms with Crippen LogP contribution in [0.15, 0.2) is 24.3 Å². The molecule has 0 aliphatic heterocycles. The Hall–Kier alpha value is -3.10. The zero-order valence-corrected chi connectivity index (χ0v) is 21.9. The zero-order valence-electron chi connectivity index (χ0n) is 21.9. The maximum absolute atomic E-state index is 13.0. The molecule has 0 unspecified atom stereocenters. The lowest BCUT2D eigenvalue weighted by Gasteiger charge is -2.26. The standard InChI is InChI=1S/C27H42N4O5/c1-17(2)24(27(36)29-18(3)25(34)28-15-14-20-8-6-5-7-9-20)31-26(35)23(30-19(4)32)16-21-10-12-22(33)13-11-21/h10-13,17-18,20,23-24,33H,5-9,14-16H2,1-4H3,(H,28,34)(H,29,36)(H,30,32)(H,31,35)/t18-,23-,24-/m0/s1. The topological polar surface area (TPSA) is 137 Å². The summed E-state index contributed by atoms with van der Waals surface area (Å²) >= 11 is 0. The van der Waals surface area contributed by atoms with Crippen LogP contribution in [0.2, 0.25) is 0 Å². The largest absolute Gasteiger partial charge is 0.508 e. The van der Waals surface area contributed by atoms with Crippen molar-refractivity contribution in [3.63, 3.8) is 0 Å². The maximum atomic E-state index is 13.0. The van der Waals surface area contributed by atoms with Crippen molar-refractivity contribution in [1.29, 1.82) is 0 Å². The Labute approximate surface area is 214 Å². The number of nitrogens with one attached hydrogen (secondary N) is 4. The Kier molecular flexibility index (Phi) is 11.7. The number of benzene rings is 1. The van der Waals surface area contributed by atoms with Crippen molar-refractivity contribution >= 4 is 23.6 Å². The van der Waals surface area contributed by atoms with Gasteiger partial charge >= 0.3 is 0 Å². The molecule has 1 aromatic carbocycles. The highest BCUT2D eigenvalue weighted by atomic mass is 16.3. The van der Waals surface area contributed by atoms with Gasteiger partial charge in [0.2, 0.25) is 23.6 Å². The van der Waals surface area contributed by atoms with Gasteiger partial charge in [-0.05, 0) is 42.9 Å². The molecule has 1 aromatic rings. The number of amides is 4. The lowest BCUT2D eigenvalue weighted by molar-refractivity contribution is -0.134. The molecule has 3 atom stereocenters. The molecule has 0 aromatic heterocycles. The first-order chi connectivity index (χ1) is 17.1. The zero-order chi connectivity index (χ0) is 26.7. The van der Waals surface area contributed by atoms with Crippen molar-refractivity contribution in [2.75, 3.05) is 6.54 Å². The number of phenols is 1. The van der Waals surface area contributed by atoms with Crippen LogP contribution in [0.1, 0.15) is 71.8 Å². The van der Waals surface area contributed by atoms with Gasteiger partial charge in [0.25, 0.3) is 0 Å². The third-order valence-corrected chi connectivity index (χ3v) is 6.65. The molecule has 1 saturated carbocycles. The van der Waals surface area contributed by atoms with Gasteiger partial charge < -0.3 is 26.4 Å². The second kappa shape index (κ2) is 14.5. The molecule has 2 rings (SSSR count). The molecule has 1 fully saturated rings. The number of carbonyl (C=O) groups excluding carboxylic acids is 4. The smallest absolute Gasteiger partial charge is 0.243 e. The van der Waals surface area contributed by atoms with E-state index in [1.54, 1.807) is 32.9 Å². The molecule has 5 N–H and O–H groups in total. The summed E-state index contributed by atoms with van der Waals surface area (Å²) in [6, 6.07) is 3.81. The van der Waals surface area contributed by atoms with E-state index in [4.69, 9.17) is 0 Å². The summed E-state index contributed by atoms with van der Waals surface area (Å²) in [5, 5.41) is 20.5. The lowest BCUT2D eigenvalue weighted by atomic mass is 9.87. The molecular weight excluding hydrogens is 460 g/mol. The summed E-state index contributed by atoms with van der Waals surface area (Å²) < 4.78 is 0. The van der Waals surface area contributed by atoms with Crippen LogP contribution in [0.5, 0.6) is 5.75 Å². The Morgan fingerprint density at radius 2 is 1.53 bits per heavy atom. The Morgan fingerprint density at radius 3 is 2.11 bits per heavy atom. The first-order valence-corrected chi connectivity index (χ1v) is 13.0. The highest BCUT2D eigenvalue weighted by Gasteiger charge is 2.30. The van der Waals surface area contributed by atoms with Crippen LogP contribution in [0.4, 0.5) is 0 Å². The number of rotatable bonds is 12. The molecular formula is C27H42N4O5. The van der Waals surface area contributed by atoms with E-state index >= 15 is 0 Å². The summed E-state index contributed by atoms with van der Waals surface area (Å²) in [6.45, 7) is 7.12. The fraction of sp³-hybridized carbons (Fsp3) is 0.630. The van der Waals surface area contributed by atoms with Crippen molar-refractivity contribution in [1.82, 2.24) is 21.3 Å². The van der Waals surface area contributed by atoms with Crippen LogP contribution in [0.3, 0.4) is 0 Å². The molecule has 200 valence electrons. The summed E-state index contributed by atoms with van der Waals surface area (Å²) in [5.74, 6) is -1.08. The van der Waals surface area contributed by atoms with E-state index in [0.717, 1.165) is 12.0 Å². The minimum atomic E-state index is -0.901. The SMILES string of the molecule is CC(=O)N[C@@H](Cc1ccc(O)cc1)C(=O)N[C@H](C(=O)N[C@@H](C)C(=O)NCCC1CCCCC1)C(C)C. The number of aromatic hydroxyl groups is 1. The average Bonchev–Trinajstić information content (AvgIpc) is 2.83. The van der Waals surface area contributed by atoms with Gasteiger partial charge in [-0.15, -0.1) is 0 Å². The van der Waals surface area contributed by atoms with Crippen molar-refractivity contribution in [2.24, 2.45) is 11.8 Å². The molecule has 0 bridgehead atoms. The highest BCUT2D eigenvalue weighted by Crippen LogP contribution is 2.25. The van der Waals surface area contributed by atoms with Crippen LogP contribution in [-0.2, 0) is 25.6 Å². The van der Waals surface area contributed by atoms with E-state index in [1.165, 1.54) is 51.2 Å². The van der Waals surface area contributed by atoms with Crippen molar-refractivity contribution < 1.29 is 24.3 Å². The Bertz CT molecular complexity index is 881. The summed E-state index contributed by atoms with van der Waals surface area (Å²) in [6.07, 6.45) is 7.37.